The number of aldehydes is 1. The van der Waals surface area contributed by atoms with E-state index < -0.39 is 49.3 Å². The van der Waals surface area contributed by atoms with Gasteiger partial charge in [-0.15, -0.1) is 0 Å². The van der Waals surface area contributed by atoms with Crippen molar-refractivity contribution in [1.82, 2.24) is 0 Å². The van der Waals surface area contributed by atoms with Gasteiger partial charge in [-0.05, 0) is 29.8 Å². The van der Waals surface area contributed by atoms with Crippen LogP contribution in [0.1, 0.15) is 33.5 Å². The number of methoxy groups -OCH3 is 1. The minimum Gasteiger partial charge on any atom is -0.504 e. The Kier molecular flexibility index (Phi) is 6.94. The molecule has 2 aromatic carbocycles. The average molecular weight is 478 g/mol. The van der Waals surface area contributed by atoms with Crippen LogP contribution in [0.5, 0.6) is 23.0 Å². The number of phenols is 1. The van der Waals surface area contributed by atoms with Crippen LogP contribution in [0.4, 0.5) is 0 Å². The maximum atomic E-state index is 11.2. The van der Waals surface area contributed by atoms with Crippen molar-refractivity contribution in [2.45, 2.75) is 42.7 Å². The lowest BCUT2D eigenvalue weighted by Crippen LogP contribution is -2.60. The van der Waals surface area contributed by atoms with Crippen LogP contribution in [0.3, 0.4) is 0 Å². The Bertz CT molecular complexity index is 1040. The molecule has 7 atom stereocenters. The molecule has 2 aromatic rings. The minimum atomic E-state index is -1.60. The topological polar surface area (TPSA) is 175 Å². The molecule has 0 saturated carbocycles. The number of hydrogen-bond acceptors (Lipinski definition) is 11. The molecule has 34 heavy (non-hydrogen) atoms. The molecule has 1 fully saturated rings. The number of hydrogen-bond donors (Lipinski definition) is 6. The first kappa shape index (κ1) is 24.2. The van der Waals surface area contributed by atoms with Crippen LogP contribution >= 0.6 is 0 Å². The number of carbonyl (C=O) groups excluding carboxylic acids is 1. The van der Waals surface area contributed by atoms with Gasteiger partial charge in [0.25, 0.3) is 0 Å². The summed E-state index contributed by atoms with van der Waals surface area (Å²) in [6, 6.07) is 7.54. The number of fused-ring (bicyclic) bond motifs is 1. The van der Waals surface area contributed by atoms with Gasteiger partial charge >= 0.3 is 0 Å². The second kappa shape index (κ2) is 9.74. The number of aliphatic hydroxyl groups excluding tert-OH is 5. The predicted molar refractivity (Wildman–Crippen MR) is 114 cm³/mol. The van der Waals surface area contributed by atoms with E-state index in [9.17, 15) is 35.4 Å². The van der Waals surface area contributed by atoms with Crippen molar-refractivity contribution >= 4 is 6.29 Å². The smallest absolute Gasteiger partial charge is 0.229 e. The van der Waals surface area contributed by atoms with Crippen LogP contribution in [-0.4, -0.2) is 88.0 Å². The van der Waals surface area contributed by atoms with E-state index in [0.717, 1.165) is 0 Å². The normalized spacial score (nSPS) is 30.4. The molecule has 4 rings (SSSR count). The second-order valence-corrected chi connectivity index (χ2v) is 8.13. The van der Waals surface area contributed by atoms with E-state index in [1.54, 1.807) is 18.2 Å². The summed E-state index contributed by atoms with van der Waals surface area (Å²) < 4.78 is 22.4. The van der Waals surface area contributed by atoms with Crippen molar-refractivity contribution in [1.29, 1.82) is 0 Å². The molecule has 0 radical (unpaired) electrons. The van der Waals surface area contributed by atoms with Crippen molar-refractivity contribution in [2.75, 3.05) is 20.3 Å². The zero-order valence-corrected chi connectivity index (χ0v) is 18.1. The number of aliphatic hydroxyl groups is 5. The lowest BCUT2D eigenvalue weighted by Gasteiger charge is -2.39. The largest absolute Gasteiger partial charge is 0.504 e. The van der Waals surface area contributed by atoms with Gasteiger partial charge in [0.05, 0.1) is 26.2 Å². The molecule has 6 N–H and O–H groups in total. The SMILES string of the molecule is COc1cc(C2Oc3c(O)cc(C=O)cc3C2CO)ccc1OC1OC(CO)C(O)C(O)C1O. The van der Waals surface area contributed by atoms with Crippen LogP contribution in [0.15, 0.2) is 30.3 Å². The van der Waals surface area contributed by atoms with Crippen LogP contribution in [0.2, 0.25) is 0 Å². The van der Waals surface area contributed by atoms with Gasteiger partial charge in [-0.25, -0.2) is 0 Å². The molecular weight excluding hydrogens is 452 g/mol. The third kappa shape index (κ3) is 4.17. The zero-order valence-electron chi connectivity index (χ0n) is 18.1. The fraction of sp³-hybridized carbons (Fsp3) is 0.435. The molecule has 11 heteroatoms. The lowest BCUT2D eigenvalue weighted by atomic mass is 9.90. The predicted octanol–water partition coefficient (Wildman–Crippen LogP) is -0.398. The highest BCUT2D eigenvalue weighted by Crippen LogP contribution is 2.51. The third-order valence-corrected chi connectivity index (χ3v) is 6.07. The summed E-state index contributed by atoms with van der Waals surface area (Å²) in [6.45, 7) is -0.910. The van der Waals surface area contributed by atoms with Gasteiger partial charge in [0.1, 0.15) is 36.8 Å². The van der Waals surface area contributed by atoms with Crippen LogP contribution in [0.25, 0.3) is 0 Å². The highest BCUT2D eigenvalue weighted by molar-refractivity contribution is 5.78. The van der Waals surface area contributed by atoms with Gasteiger partial charge in [0, 0.05) is 11.1 Å². The first-order valence-corrected chi connectivity index (χ1v) is 10.6. The van der Waals surface area contributed by atoms with Gasteiger partial charge in [0.2, 0.25) is 6.29 Å². The van der Waals surface area contributed by atoms with Crippen molar-refractivity contribution in [3.63, 3.8) is 0 Å². The lowest BCUT2D eigenvalue weighted by molar-refractivity contribution is -0.277. The monoisotopic (exact) mass is 478 g/mol. The second-order valence-electron chi connectivity index (χ2n) is 8.13. The van der Waals surface area contributed by atoms with E-state index in [1.807, 2.05) is 0 Å². The van der Waals surface area contributed by atoms with E-state index in [-0.39, 0.29) is 35.2 Å². The zero-order chi connectivity index (χ0) is 24.6. The first-order chi connectivity index (χ1) is 16.3. The molecule has 0 aromatic heterocycles. The summed E-state index contributed by atoms with van der Waals surface area (Å²) >= 11 is 0. The van der Waals surface area contributed by atoms with E-state index in [0.29, 0.717) is 17.4 Å². The van der Waals surface area contributed by atoms with Gasteiger partial charge in [0.15, 0.2) is 23.0 Å². The molecule has 0 aliphatic carbocycles. The highest BCUT2D eigenvalue weighted by Gasteiger charge is 2.45. The minimum absolute atomic E-state index is 0.137. The van der Waals surface area contributed by atoms with E-state index >= 15 is 0 Å². The Morgan fingerprint density at radius 1 is 1.00 bits per heavy atom. The molecule has 0 bridgehead atoms. The molecular formula is C23H26O11. The van der Waals surface area contributed by atoms with Crippen molar-refractivity contribution in [3.05, 3.63) is 47.0 Å². The van der Waals surface area contributed by atoms with Crippen LogP contribution in [-0.2, 0) is 4.74 Å². The number of aromatic hydroxyl groups is 1. The standard InChI is InChI=1S/C23H26O11/c1-31-16-6-11(21-13(8-25)12-4-10(7-24)5-14(27)22(12)34-21)2-3-15(16)32-23-20(30)19(29)18(28)17(9-26)33-23/h2-7,13,17-21,23,25-30H,8-9H2,1H3. The molecule has 7 unspecified atom stereocenters. The Morgan fingerprint density at radius 3 is 2.41 bits per heavy atom. The molecule has 11 nitrogen and oxygen atoms in total. The van der Waals surface area contributed by atoms with Crippen molar-refractivity contribution in [3.8, 4) is 23.0 Å². The van der Waals surface area contributed by atoms with E-state index in [2.05, 4.69) is 0 Å². The first-order valence-electron chi connectivity index (χ1n) is 10.6. The van der Waals surface area contributed by atoms with Gasteiger partial charge in [-0.3, -0.25) is 4.79 Å². The quantitative estimate of drug-likeness (QED) is 0.286. The molecule has 2 heterocycles. The van der Waals surface area contributed by atoms with Crippen LogP contribution in [0, 0.1) is 0 Å². The third-order valence-electron chi connectivity index (χ3n) is 6.07. The number of carbonyl (C=O) groups is 1. The highest BCUT2D eigenvalue weighted by atomic mass is 16.7. The van der Waals surface area contributed by atoms with Crippen molar-refractivity contribution < 1.29 is 54.4 Å². The molecule has 1 saturated heterocycles. The summed E-state index contributed by atoms with van der Waals surface area (Å²) in [4.78, 5) is 11.2. The fourth-order valence-corrected chi connectivity index (χ4v) is 4.24. The number of rotatable bonds is 7. The summed E-state index contributed by atoms with van der Waals surface area (Å²) in [5.74, 6) is -0.255. The number of ether oxygens (including phenoxy) is 4. The summed E-state index contributed by atoms with van der Waals surface area (Å²) in [6.07, 6.45) is -7.35. The Labute approximate surface area is 194 Å². The summed E-state index contributed by atoms with van der Waals surface area (Å²) in [5.41, 5.74) is 1.32. The molecule has 0 spiro atoms. The Hall–Kier alpha value is -2.93. The maximum absolute atomic E-state index is 11.2. The Balaban J connectivity index is 1.60. The van der Waals surface area contributed by atoms with Gasteiger partial charge < -0.3 is 49.6 Å². The van der Waals surface area contributed by atoms with Gasteiger partial charge in [-0.2, -0.15) is 0 Å². The van der Waals surface area contributed by atoms with Gasteiger partial charge in [-0.1, -0.05) is 6.07 Å². The molecule has 184 valence electrons. The fourth-order valence-electron chi connectivity index (χ4n) is 4.24. The molecule has 0 amide bonds. The van der Waals surface area contributed by atoms with Crippen molar-refractivity contribution in [2.24, 2.45) is 0 Å². The average Bonchev–Trinajstić information content (AvgIpc) is 3.23. The maximum Gasteiger partial charge on any atom is 0.229 e. The summed E-state index contributed by atoms with van der Waals surface area (Å²) in [7, 11) is 1.38. The summed E-state index contributed by atoms with van der Waals surface area (Å²) in [5, 5.41) is 59.7. The molecule has 2 aliphatic heterocycles. The van der Waals surface area contributed by atoms with E-state index in [1.165, 1.54) is 19.2 Å². The molecule has 2 aliphatic rings. The number of benzene rings is 2. The van der Waals surface area contributed by atoms with E-state index in [4.69, 9.17) is 18.9 Å². The number of phenolic OH excluding ortho intramolecular Hbond substituents is 1. The Morgan fingerprint density at radius 2 is 1.76 bits per heavy atom. The van der Waals surface area contributed by atoms with Crippen LogP contribution < -0.4 is 14.2 Å².